The van der Waals surface area contributed by atoms with Gasteiger partial charge in [0, 0.05) is 49.0 Å². The Bertz CT molecular complexity index is 966. The largest absolute Gasteiger partial charge is 0.369 e. The third-order valence-corrected chi connectivity index (χ3v) is 6.31. The maximum atomic E-state index is 12.7. The number of Topliss-reactive ketones (excluding diaryl/α,β-unsaturated/α-hetero) is 1. The van der Waals surface area contributed by atoms with E-state index in [1.165, 1.54) is 28.8 Å². The molecule has 0 radical (unpaired) electrons. The molecule has 28 heavy (non-hydrogen) atoms. The quantitative estimate of drug-likeness (QED) is 0.493. The van der Waals surface area contributed by atoms with Crippen molar-refractivity contribution < 1.29 is 4.79 Å². The Morgan fingerprint density at radius 1 is 1.25 bits per heavy atom. The number of rotatable bonds is 6. The molecule has 3 heterocycles. The Hall–Kier alpha value is -2.22. The van der Waals surface area contributed by atoms with Crippen molar-refractivity contribution in [2.45, 2.75) is 11.4 Å². The summed E-state index contributed by atoms with van der Waals surface area (Å²) in [7, 11) is 0. The van der Waals surface area contributed by atoms with Crippen LogP contribution >= 0.6 is 23.1 Å². The average Bonchev–Trinajstić information content (AvgIpc) is 3.23. The molecule has 0 atom stereocenters. The van der Waals surface area contributed by atoms with Crippen LogP contribution in [0.3, 0.4) is 0 Å². The van der Waals surface area contributed by atoms with E-state index in [4.69, 9.17) is 4.98 Å². The normalized spacial score (nSPS) is 14.2. The van der Waals surface area contributed by atoms with Crippen molar-refractivity contribution in [3.05, 3.63) is 58.5 Å². The number of thioether (sulfide) groups is 1. The molecule has 1 N–H and O–H groups in total. The molecule has 1 fully saturated rings. The van der Waals surface area contributed by atoms with Gasteiger partial charge in [0.25, 0.3) is 0 Å². The summed E-state index contributed by atoms with van der Waals surface area (Å²) in [5, 5.41) is 7.03. The lowest BCUT2D eigenvalue weighted by atomic mass is 10.1. The maximum Gasteiger partial charge on any atom is 0.172 e. The van der Waals surface area contributed by atoms with E-state index in [2.05, 4.69) is 39.5 Å². The number of ketones is 1. The third kappa shape index (κ3) is 4.27. The van der Waals surface area contributed by atoms with Crippen LogP contribution in [-0.4, -0.2) is 48.2 Å². The Balaban J connectivity index is 1.51. The lowest BCUT2D eigenvalue weighted by molar-refractivity contribution is 0.0989. The molecule has 144 valence electrons. The van der Waals surface area contributed by atoms with Gasteiger partial charge in [0.1, 0.15) is 10.0 Å². The van der Waals surface area contributed by atoms with Crippen molar-refractivity contribution in [2.75, 3.05) is 37.3 Å². The molecule has 0 saturated carbocycles. The Morgan fingerprint density at radius 2 is 2.11 bits per heavy atom. The summed E-state index contributed by atoms with van der Waals surface area (Å²) in [6.07, 6.45) is 3.96. The molecule has 0 amide bonds. The monoisotopic (exact) mass is 410 g/mol. The van der Waals surface area contributed by atoms with Gasteiger partial charge in [0.15, 0.2) is 5.78 Å². The van der Waals surface area contributed by atoms with Crippen LogP contribution in [0.4, 0.5) is 5.69 Å². The minimum Gasteiger partial charge on any atom is -0.369 e. The van der Waals surface area contributed by atoms with Gasteiger partial charge in [0.05, 0.1) is 17.7 Å². The molecular weight excluding hydrogens is 388 g/mol. The smallest absolute Gasteiger partial charge is 0.172 e. The van der Waals surface area contributed by atoms with Gasteiger partial charge >= 0.3 is 0 Å². The molecule has 1 saturated heterocycles. The van der Waals surface area contributed by atoms with Gasteiger partial charge < -0.3 is 10.2 Å². The first-order valence-corrected chi connectivity index (χ1v) is 11.4. The lowest BCUT2D eigenvalue weighted by Crippen LogP contribution is -2.43. The standard InChI is InChI=1S/C21H22N4OS2/c1-27-21-17(6-3-7-23-21)19(26)13-20-24-18(14-28-20)15-4-2-5-16(12-15)25-10-8-22-9-11-25/h2-7,12,14,22H,8-11,13H2,1H3. The number of benzene rings is 1. The number of aromatic nitrogens is 2. The van der Waals surface area contributed by atoms with Crippen molar-refractivity contribution >= 4 is 34.6 Å². The minimum absolute atomic E-state index is 0.0629. The van der Waals surface area contributed by atoms with Crippen LogP contribution in [0.5, 0.6) is 0 Å². The summed E-state index contributed by atoms with van der Waals surface area (Å²) < 4.78 is 0. The van der Waals surface area contributed by atoms with E-state index in [-0.39, 0.29) is 5.78 Å². The van der Waals surface area contributed by atoms with Crippen LogP contribution in [0.1, 0.15) is 15.4 Å². The number of pyridine rings is 1. The van der Waals surface area contributed by atoms with Gasteiger partial charge in [-0.2, -0.15) is 0 Å². The highest BCUT2D eigenvalue weighted by Gasteiger charge is 2.16. The molecule has 0 unspecified atom stereocenters. The highest BCUT2D eigenvalue weighted by Crippen LogP contribution is 2.27. The van der Waals surface area contributed by atoms with E-state index >= 15 is 0 Å². The third-order valence-electron chi connectivity index (χ3n) is 4.75. The first kappa shape index (κ1) is 19.1. The van der Waals surface area contributed by atoms with Crippen LogP contribution < -0.4 is 10.2 Å². The Labute approximate surface area is 173 Å². The molecule has 5 nitrogen and oxygen atoms in total. The number of carbonyl (C=O) groups is 1. The topological polar surface area (TPSA) is 58.1 Å². The number of hydrogen-bond acceptors (Lipinski definition) is 7. The second-order valence-corrected chi connectivity index (χ2v) is 8.31. The molecule has 0 bridgehead atoms. The summed E-state index contributed by atoms with van der Waals surface area (Å²) >= 11 is 3.03. The van der Waals surface area contributed by atoms with Gasteiger partial charge in [-0.1, -0.05) is 12.1 Å². The molecule has 1 aromatic carbocycles. The van der Waals surface area contributed by atoms with Gasteiger partial charge in [-0.3, -0.25) is 4.79 Å². The molecule has 1 aliphatic heterocycles. The van der Waals surface area contributed by atoms with E-state index in [1.54, 1.807) is 6.20 Å². The number of anilines is 1. The summed E-state index contributed by atoms with van der Waals surface area (Å²) in [6, 6.07) is 12.2. The summed E-state index contributed by atoms with van der Waals surface area (Å²) in [5.74, 6) is 0.0629. The number of piperazine rings is 1. The van der Waals surface area contributed by atoms with Gasteiger partial charge in [-0.05, 0) is 30.5 Å². The fraction of sp³-hybridized carbons (Fsp3) is 0.286. The molecule has 0 spiro atoms. The zero-order valence-electron chi connectivity index (χ0n) is 15.7. The summed E-state index contributed by atoms with van der Waals surface area (Å²) in [4.78, 5) is 24.1. The van der Waals surface area contributed by atoms with E-state index in [9.17, 15) is 4.79 Å². The number of nitrogens with zero attached hydrogens (tertiary/aromatic N) is 3. The zero-order chi connectivity index (χ0) is 19.3. The minimum atomic E-state index is 0.0629. The van der Waals surface area contributed by atoms with Gasteiger partial charge in [-0.25, -0.2) is 9.97 Å². The Kier molecular flexibility index (Phi) is 6.04. The second kappa shape index (κ2) is 8.86. The first-order valence-electron chi connectivity index (χ1n) is 9.27. The van der Waals surface area contributed by atoms with Crippen LogP contribution in [0, 0.1) is 0 Å². The van der Waals surface area contributed by atoms with E-state index in [1.807, 2.05) is 23.8 Å². The molecule has 0 aliphatic carbocycles. The van der Waals surface area contributed by atoms with Crippen molar-refractivity contribution in [1.29, 1.82) is 0 Å². The average molecular weight is 411 g/mol. The van der Waals surface area contributed by atoms with Crippen LogP contribution in [-0.2, 0) is 6.42 Å². The molecule has 2 aromatic heterocycles. The van der Waals surface area contributed by atoms with Crippen molar-refractivity contribution in [3.8, 4) is 11.3 Å². The molecular formula is C21H22N4OS2. The van der Waals surface area contributed by atoms with Crippen LogP contribution in [0.15, 0.2) is 53.0 Å². The maximum absolute atomic E-state index is 12.7. The van der Waals surface area contributed by atoms with Crippen LogP contribution in [0.25, 0.3) is 11.3 Å². The highest BCUT2D eigenvalue weighted by molar-refractivity contribution is 7.98. The van der Waals surface area contributed by atoms with Gasteiger partial charge in [-0.15, -0.1) is 23.1 Å². The van der Waals surface area contributed by atoms with E-state index in [0.29, 0.717) is 12.0 Å². The fourth-order valence-corrected chi connectivity index (χ4v) is 4.68. The second-order valence-electron chi connectivity index (χ2n) is 6.57. The predicted molar refractivity (Wildman–Crippen MR) is 117 cm³/mol. The molecule has 1 aliphatic rings. The number of thiazole rings is 1. The predicted octanol–water partition coefficient (Wildman–Crippen LogP) is 3.76. The fourth-order valence-electron chi connectivity index (χ4n) is 3.31. The number of carbonyl (C=O) groups excluding carboxylic acids is 1. The lowest BCUT2D eigenvalue weighted by Gasteiger charge is -2.29. The highest BCUT2D eigenvalue weighted by atomic mass is 32.2. The molecule has 7 heteroatoms. The summed E-state index contributed by atoms with van der Waals surface area (Å²) in [5.41, 5.74) is 3.93. The van der Waals surface area contributed by atoms with Gasteiger partial charge in [0.2, 0.25) is 0 Å². The van der Waals surface area contributed by atoms with E-state index in [0.717, 1.165) is 47.5 Å². The SMILES string of the molecule is CSc1ncccc1C(=O)Cc1nc(-c2cccc(N3CCNCC3)c2)cs1. The molecule has 4 rings (SSSR count). The Morgan fingerprint density at radius 3 is 2.93 bits per heavy atom. The van der Waals surface area contributed by atoms with Crippen molar-refractivity contribution in [1.82, 2.24) is 15.3 Å². The summed E-state index contributed by atoms with van der Waals surface area (Å²) in [6.45, 7) is 4.06. The molecule has 3 aromatic rings. The van der Waals surface area contributed by atoms with E-state index < -0.39 is 0 Å². The number of hydrogen-bond donors (Lipinski definition) is 1. The van der Waals surface area contributed by atoms with Crippen molar-refractivity contribution in [3.63, 3.8) is 0 Å². The van der Waals surface area contributed by atoms with Crippen molar-refractivity contribution in [2.24, 2.45) is 0 Å². The zero-order valence-corrected chi connectivity index (χ0v) is 17.4. The first-order chi connectivity index (χ1) is 13.7. The van der Waals surface area contributed by atoms with Crippen LogP contribution in [0.2, 0.25) is 0 Å². The number of nitrogens with one attached hydrogen (secondary N) is 1.